The van der Waals surface area contributed by atoms with Crippen LogP contribution in [0.5, 0.6) is 5.75 Å². The van der Waals surface area contributed by atoms with Crippen molar-refractivity contribution in [2.24, 2.45) is 0 Å². The Morgan fingerprint density at radius 3 is 2.47 bits per heavy atom. The third-order valence-corrected chi connectivity index (χ3v) is 3.44. The number of alkyl halides is 3. The zero-order chi connectivity index (χ0) is 14.7. The Kier molecular flexibility index (Phi) is 4.67. The molecule has 0 fully saturated rings. The summed E-state index contributed by atoms with van der Waals surface area (Å²) in [5, 5.41) is 0. The highest BCUT2D eigenvalue weighted by Gasteiger charge is 2.26. The van der Waals surface area contributed by atoms with Gasteiger partial charge in [-0.3, -0.25) is 0 Å². The Labute approximate surface area is 109 Å². The second-order valence-corrected chi connectivity index (χ2v) is 5.99. The number of nitrogen functional groups attached to an aromatic ring is 1. The van der Waals surface area contributed by atoms with Gasteiger partial charge >= 0.3 is 6.18 Å². The molecule has 0 saturated carbocycles. The normalized spacial score (nSPS) is 12.4. The molecule has 0 unspecified atom stereocenters. The van der Waals surface area contributed by atoms with E-state index >= 15 is 0 Å². The molecule has 0 bridgehead atoms. The first-order chi connectivity index (χ1) is 8.61. The molecule has 1 rings (SSSR count). The van der Waals surface area contributed by atoms with Crippen molar-refractivity contribution in [3.63, 3.8) is 0 Å². The summed E-state index contributed by atoms with van der Waals surface area (Å²) in [7, 11) is -3.49. The van der Waals surface area contributed by atoms with Crippen LogP contribution in [0.15, 0.2) is 23.1 Å². The van der Waals surface area contributed by atoms with Gasteiger partial charge in [-0.05, 0) is 18.6 Å². The van der Waals surface area contributed by atoms with E-state index in [1.165, 1.54) is 18.2 Å². The molecule has 0 saturated heterocycles. The lowest BCUT2D eigenvalue weighted by molar-refractivity contribution is -0.136. The lowest BCUT2D eigenvalue weighted by atomic mass is 10.3. The van der Waals surface area contributed by atoms with E-state index < -0.39 is 22.4 Å². The summed E-state index contributed by atoms with van der Waals surface area (Å²) in [6.07, 6.45) is -4.42. The minimum Gasteiger partial charge on any atom is -0.491 e. The molecule has 8 heteroatoms. The monoisotopic (exact) mass is 297 g/mol. The van der Waals surface area contributed by atoms with Crippen molar-refractivity contribution < 1.29 is 26.3 Å². The van der Waals surface area contributed by atoms with Crippen LogP contribution < -0.4 is 10.5 Å². The van der Waals surface area contributed by atoms with Crippen LogP contribution in [0.1, 0.15) is 12.8 Å². The molecule has 2 N–H and O–H groups in total. The topological polar surface area (TPSA) is 69.4 Å². The van der Waals surface area contributed by atoms with E-state index in [0.717, 1.165) is 6.26 Å². The van der Waals surface area contributed by atoms with Crippen LogP contribution in [0.4, 0.5) is 18.9 Å². The largest absolute Gasteiger partial charge is 0.491 e. The average Bonchev–Trinajstić information content (AvgIpc) is 2.23. The quantitative estimate of drug-likeness (QED) is 0.669. The highest BCUT2D eigenvalue weighted by atomic mass is 32.2. The van der Waals surface area contributed by atoms with Crippen molar-refractivity contribution in [1.82, 2.24) is 0 Å². The maximum Gasteiger partial charge on any atom is 0.389 e. The van der Waals surface area contributed by atoms with Crippen molar-refractivity contribution in [1.29, 1.82) is 0 Å². The Hall–Kier alpha value is -1.44. The van der Waals surface area contributed by atoms with Crippen LogP contribution >= 0.6 is 0 Å². The minimum absolute atomic E-state index is 0.0742. The van der Waals surface area contributed by atoms with Gasteiger partial charge in [0.2, 0.25) is 0 Å². The fourth-order valence-corrected chi connectivity index (χ4v) is 2.25. The van der Waals surface area contributed by atoms with E-state index in [1.54, 1.807) is 0 Å². The van der Waals surface area contributed by atoms with E-state index in [1.807, 2.05) is 0 Å². The SMILES string of the molecule is CS(=O)(=O)c1cccc(OCCCC(F)(F)F)c1N. The molecule has 4 nitrogen and oxygen atoms in total. The van der Waals surface area contributed by atoms with Gasteiger partial charge in [-0.25, -0.2) is 8.42 Å². The van der Waals surface area contributed by atoms with E-state index in [0.29, 0.717) is 0 Å². The summed E-state index contributed by atoms with van der Waals surface area (Å²) in [4.78, 5) is -0.0965. The molecule has 0 amide bonds. The van der Waals surface area contributed by atoms with Crippen LogP contribution in [0.3, 0.4) is 0 Å². The van der Waals surface area contributed by atoms with Gasteiger partial charge in [-0.2, -0.15) is 13.2 Å². The van der Waals surface area contributed by atoms with Crippen molar-refractivity contribution in [2.45, 2.75) is 23.9 Å². The molecular formula is C11H14F3NO3S. The number of sulfone groups is 1. The van der Waals surface area contributed by atoms with E-state index in [2.05, 4.69) is 0 Å². The molecule has 19 heavy (non-hydrogen) atoms. The predicted molar refractivity (Wildman–Crippen MR) is 64.7 cm³/mol. The summed E-state index contributed by atoms with van der Waals surface area (Å²) >= 11 is 0. The lowest BCUT2D eigenvalue weighted by Crippen LogP contribution is -2.10. The molecule has 0 spiro atoms. The van der Waals surface area contributed by atoms with Gasteiger partial charge in [0.05, 0.1) is 17.2 Å². The summed E-state index contributed by atoms with van der Waals surface area (Å²) in [5.41, 5.74) is 5.52. The molecule has 1 aromatic carbocycles. The van der Waals surface area contributed by atoms with Crippen molar-refractivity contribution >= 4 is 15.5 Å². The maximum absolute atomic E-state index is 11.9. The van der Waals surface area contributed by atoms with Crippen LogP contribution in [0.2, 0.25) is 0 Å². The zero-order valence-electron chi connectivity index (χ0n) is 10.2. The Balaban J connectivity index is 2.71. The third-order valence-electron chi connectivity index (χ3n) is 2.29. The first-order valence-electron chi connectivity index (χ1n) is 5.39. The first kappa shape index (κ1) is 15.6. The van der Waals surface area contributed by atoms with Gasteiger partial charge < -0.3 is 10.5 Å². The fourth-order valence-electron chi connectivity index (χ4n) is 1.43. The van der Waals surface area contributed by atoms with Gasteiger partial charge in [0.25, 0.3) is 0 Å². The molecule has 1 aromatic rings. The van der Waals surface area contributed by atoms with Crippen molar-refractivity contribution in [3.05, 3.63) is 18.2 Å². The Morgan fingerprint density at radius 1 is 1.32 bits per heavy atom. The van der Waals surface area contributed by atoms with Crippen LogP contribution in [-0.4, -0.2) is 27.5 Å². The molecule has 0 aliphatic carbocycles. The van der Waals surface area contributed by atoms with E-state index in [-0.39, 0.29) is 29.4 Å². The Morgan fingerprint density at radius 2 is 1.95 bits per heavy atom. The van der Waals surface area contributed by atoms with Crippen molar-refractivity contribution in [3.8, 4) is 5.75 Å². The molecule has 108 valence electrons. The van der Waals surface area contributed by atoms with E-state index in [9.17, 15) is 21.6 Å². The number of rotatable bonds is 5. The number of benzene rings is 1. The maximum atomic E-state index is 11.9. The van der Waals surface area contributed by atoms with Gasteiger partial charge in [0.15, 0.2) is 9.84 Å². The summed E-state index contributed by atoms with van der Waals surface area (Å²) < 4.78 is 63.6. The fraction of sp³-hybridized carbons (Fsp3) is 0.455. The van der Waals surface area contributed by atoms with Gasteiger partial charge in [0, 0.05) is 12.7 Å². The molecular weight excluding hydrogens is 283 g/mol. The van der Waals surface area contributed by atoms with Gasteiger partial charge in [-0.15, -0.1) is 0 Å². The standard InChI is InChI=1S/C11H14F3NO3S/c1-19(16,17)9-5-2-4-8(10(9)15)18-7-3-6-11(12,13)14/h2,4-5H,3,6-7,15H2,1H3. The summed E-state index contributed by atoms with van der Waals surface area (Å²) in [6, 6.07) is 4.15. The number of nitrogens with two attached hydrogens (primary N) is 1. The number of hydrogen-bond donors (Lipinski definition) is 1. The second kappa shape index (κ2) is 5.68. The first-order valence-corrected chi connectivity index (χ1v) is 7.28. The summed E-state index contributed by atoms with van der Waals surface area (Å²) in [5.74, 6) is 0.0742. The second-order valence-electron chi connectivity index (χ2n) is 4.01. The number of para-hydroxylation sites is 1. The van der Waals surface area contributed by atoms with Crippen LogP contribution in [0, 0.1) is 0 Å². The smallest absolute Gasteiger partial charge is 0.389 e. The molecule has 0 aliphatic rings. The predicted octanol–water partition coefficient (Wildman–Crippen LogP) is 2.39. The number of hydrogen-bond acceptors (Lipinski definition) is 4. The van der Waals surface area contributed by atoms with Crippen LogP contribution in [-0.2, 0) is 9.84 Å². The highest BCUT2D eigenvalue weighted by Crippen LogP contribution is 2.29. The molecule has 0 radical (unpaired) electrons. The van der Waals surface area contributed by atoms with Gasteiger partial charge in [0.1, 0.15) is 5.75 Å². The molecule has 0 heterocycles. The lowest BCUT2D eigenvalue weighted by Gasteiger charge is -2.12. The van der Waals surface area contributed by atoms with Gasteiger partial charge in [-0.1, -0.05) is 6.07 Å². The number of anilines is 1. The number of ether oxygens (including phenoxy) is 1. The summed E-state index contributed by atoms with van der Waals surface area (Å²) in [6.45, 7) is -0.184. The minimum atomic E-state index is -4.23. The molecule has 0 atom stereocenters. The highest BCUT2D eigenvalue weighted by molar-refractivity contribution is 7.90. The zero-order valence-corrected chi connectivity index (χ0v) is 11.0. The van der Waals surface area contributed by atoms with Crippen molar-refractivity contribution in [2.75, 3.05) is 18.6 Å². The average molecular weight is 297 g/mol. The molecule has 0 aliphatic heterocycles. The Bertz CT molecular complexity index is 541. The number of halogens is 3. The molecule has 0 aromatic heterocycles. The third kappa shape index (κ3) is 4.98. The van der Waals surface area contributed by atoms with Crippen LogP contribution in [0.25, 0.3) is 0 Å². The van der Waals surface area contributed by atoms with E-state index in [4.69, 9.17) is 10.5 Å².